The molecule has 0 saturated carbocycles. The summed E-state index contributed by atoms with van der Waals surface area (Å²) < 4.78 is 7.37. The summed E-state index contributed by atoms with van der Waals surface area (Å²) in [5.41, 5.74) is -0.334. The van der Waals surface area contributed by atoms with Gasteiger partial charge in [-0.25, -0.2) is 0 Å². The SMILES string of the molecule is CC(C)(CC(=O)O)Cc1nn2c(C3CCCO3)nnc2s1. The Kier molecular flexibility index (Phi) is 3.66. The van der Waals surface area contributed by atoms with Crippen molar-refractivity contribution < 1.29 is 14.6 Å². The molecular weight excluding hydrogens is 292 g/mol. The van der Waals surface area contributed by atoms with E-state index in [1.807, 2.05) is 13.8 Å². The molecule has 0 radical (unpaired) electrons. The number of hydrogen-bond acceptors (Lipinski definition) is 6. The second-order valence-electron chi connectivity index (χ2n) is 6.16. The van der Waals surface area contributed by atoms with Gasteiger partial charge >= 0.3 is 5.97 Å². The van der Waals surface area contributed by atoms with Gasteiger partial charge in [0, 0.05) is 13.0 Å². The minimum atomic E-state index is -0.789. The first kappa shape index (κ1) is 14.4. The van der Waals surface area contributed by atoms with E-state index in [9.17, 15) is 4.79 Å². The maximum atomic E-state index is 10.9. The lowest BCUT2D eigenvalue weighted by molar-refractivity contribution is -0.139. The minimum Gasteiger partial charge on any atom is -0.481 e. The van der Waals surface area contributed by atoms with Crippen molar-refractivity contribution in [2.45, 2.75) is 45.6 Å². The summed E-state index contributed by atoms with van der Waals surface area (Å²) in [6.45, 7) is 4.62. The fourth-order valence-corrected chi connectivity index (χ4v) is 3.71. The Morgan fingerprint density at radius 3 is 3.00 bits per heavy atom. The normalized spacial score (nSPS) is 19.4. The number of rotatable bonds is 5. The van der Waals surface area contributed by atoms with Gasteiger partial charge in [-0.2, -0.15) is 9.61 Å². The van der Waals surface area contributed by atoms with E-state index < -0.39 is 5.97 Å². The molecule has 0 bridgehead atoms. The number of aliphatic carboxylic acids is 1. The van der Waals surface area contributed by atoms with Crippen LogP contribution >= 0.6 is 11.3 Å². The smallest absolute Gasteiger partial charge is 0.303 e. The Balaban J connectivity index is 1.83. The maximum absolute atomic E-state index is 10.9. The highest BCUT2D eigenvalue weighted by atomic mass is 32.1. The van der Waals surface area contributed by atoms with Crippen molar-refractivity contribution in [3.05, 3.63) is 10.8 Å². The molecule has 2 aromatic heterocycles. The molecule has 0 aliphatic carbocycles. The number of nitrogens with zero attached hydrogens (tertiary/aromatic N) is 4. The molecule has 8 heteroatoms. The van der Waals surface area contributed by atoms with Gasteiger partial charge in [-0.1, -0.05) is 25.2 Å². The van der Waals surface area contributed by atoms with Crippen molar-refractivity contribution in [1.29, 1.82) is 0 Å². The molecule has 0 spiro atoms. The molecular formula is C13H18N4O3S. The van der Waals surface area contributed by atoms with Crippen LogP contribution < -0.4 is 0 Å². The average molecular weight is 310 g/mol. The molecule has 0 aromatic carbocycles. The molecule has 2 aromatic rings. The van der Waals surface area contributed by atoms with Crippen LogP contribution in [0.15, 0.2) is 0 Å². The minimum absolute atomic E-state index is 0.0259. The van der Waals surface area contributed by atoms with Gasteiger partial charge in [-0.15, -0.1) is 10.2 Å². The molecule has 114 valence electrons. The number of hydrogen-bond donors (Lipinski definition) is 1. The predicted molar refractivity (Wildman–Crippen MR) is 76.3 cm³/mol. The van der Waals surface area contributed by atoms with Gasteiger partial charge in [-0.3, -0.25) is 4.79 Å². The van der Waals surface area contributed by atoms with E-state index in [2.05, 4.69) is 15.3 Å². The zero-order valence-electron chi connectivity index (χ0n) is 12.1. The van der Waals surface area contributed by atoms with E-state index in [0.717, 1.165) is 35.2 Å². The number of aromatic nitrogens is 4. The lowest BCUT2D eigenvalue weighted by atomic mass is 9.86. The Labute approximate surface area is 125 Å². The standard InChI is InChI=1S/C13H18N4O3S/c1-13(2,7-10(18)19)6-9-16-17-11(8-4-3-5-20-8)14-15-12(17)21-9/h8H,3-7H2,1-2H3,(H,18,19). The molecule has 1 atom stereocenters. The third-order valence-electron chi connectivity index (χ3n) is 3.53. The number of carboxylic acids is 1. The van der Waals surface area contributed by atoms with Crippen molar-refractivity contribution in [3.63, 3.8) is 0 Å². The molecule has 0 amide bonds. The van der Waals surface area contributed by atoms with E-state index in [1.165, 1.54) is 11.3 Å². The van der Waals surface area contributed by atoms with Gasteiger partial charge in [0.25, 0.3) is 0 Å². The van der Waals surface area contributed by atoms with Crippen LogP contribution in [0.25, 0.3) is 4.96 Å². The maximum Gasteiger partial charge on any atom is 0.303 e. The summed E-state index contributed by atoms with van der Waals surface area (Å²) in [5.74, 6) is -0.0379. The molecule has 1 fully saturated rings. The molecule has 3 heterocycles. The summed E-state index contributed by atoms with van der Waals surface area (Å²) >= 11 is 1.46. The van der Waals surface area contributed by atoms with Gasteiger partial charge in [0.1, 0.15) is 11.1 Å². The zero-order chi connectivity index (χ0) is 15.0. The van der Waals surface area contributed by atoms with Crippen LogP contribution in [-0.4, -0.2) is 37.5 Å². The third kappa shape index (κ3) is 3.06. The second kappa shape index (κ2) is 5.34. The largest absolute Gasteiger partial charge is 0.481 e. The van der Waals surface area contributed by atoms with Crippen LogP contribution in [0.1, 0.15) is 50.0 Å². The summed E-state index contributed by atoms with van der Waals surface area (Å²) in [6, 6.07) is 0. The highest BCUT2D eigenvalue weighted by Crippen LogP contribution is 2.31. The van der Waals surface area contributed by atoms with Crippen LogP contribution in [0.3, 0.4) is 0 Å². The number of fused-ring (bicyclic) bond motifs is 1. The molecule has 1 saturated heterocycles. The first-order chi connectivity index (χ1) is 9.94. The summed E-state index contributed by atoms with van der Waals surface area (Å²) in [5, 5.41) is 22.7. The molecule has 1 unspecified atom stereocenters. The van der Waals surface area contributed by atoms with Crippen molar-refractivity contribution in [1.82, 2.24) is 19.8 Å². The van der Waals surface area contributed by atoms with Crippen LogP contribution in [-0.2, 0) is 16.0 Å². The first-order valence-electron chi connectivity index (χ1n) is 6.99. The Morgan fingerprint density at radius 1 is 1.52 bits per heavy atom. The van der Waals surface area contributed by atoms with Gasteiger partial charge in [0.2, 0.25) is 4.96 Å². The fourth-order valence-electron chi connectivity index (χ4n) is 2.61. The lowest BCUT2D eigenvalue weighted by Gasteiger charge is -2.20. The van der Waals surface area contributed by atoms with Crippen molar-refractivity contribution >= 4 is 22.3 Å². The quantitative estimate of drug-likeness (QED) is 0.909. The van der Waals surface area contributed by atoms with E-state index in [4.69, 9.17) is 9.84 Å². The lowest BCUT2D eigenvalue weighted by Crippen LogP contribution is -2.19. The molecule has 3 rings (SSSR count). The summed E-state index contributed by atoms with van der Waals surface area (Å²) in [7, 11) is 0. The van der Waals surface area contributed by atoms with Crippen LogP contribution in [0.4, 0.5) is 0 Å². The van der Waals surface area contributed by atoms with E-state index in [1.54, 1.807) is 4.52 Å². The fraction of sp³-hybridized carbons (Fsp3) is 0.692. The van der Waals surface area contributed by atoms with Crippen LogP contribution in [0.2, 0.25) is 0 Å². The Hall–Kier alpha value is -1.54. The van der Waals surface area contributed by atoms with Crippen molar-refractivity contribution in [2.75, 3.05) is 6.61 Å². The van der Waals surface area contributed by atoms with Crippen molar-refractivity contribution in [2.24, 2.45) is 5.41 Å². The summed E-state index contributed by atoms with van der Waals surface area (Å²) in [4.78, 5) is 11.6. The van der Waals surface area contributed by atoms with Gasteiger partial charge < -0.3 is 9.84 Å². The second-order valence-corrected chi connectivity index (χ2v) is 7.20. The Morgan fingerprint density at radius 2 is 2.33 bits per heavy atom. The third-order valence-corrected chi connectivity index (χ3v) is 4.43. The van der Waals surface area contributed by atoms with Gasteiger partial charge in [-0.05, 0) is 18.3 Å². The van der Waals surface area contributed by atoms with E-state index in [-0.39, 0.29) is 17.9 Å². The van der Waals surface area contributed by atoms with Gasteiger partial charge in [0.15, 0.2) is 5.82 Å². The summed E-state index contributed by atoms with van der Waals surface area (Å²) in [6.07, 6.45) is 2.67. The number of carbonyl (C=O) groups is 1. The zero-order valence-corrected chi connectivity index (χ0v) is 12.9. The highest BCUT2D eigenvalue weighted by molar-refractivity contribution is 7.16. The Bertz CT molecular complexity index is 657. The van der Waals surface area contributed by atoms with E-state index >= 15 is 0 Å². The first-order valence-corrected chi connectivity index (χ1v) is 7.81. The molecule has 1 aliphatic rings. The molecule has 7 nitrogen and oxygen atoms in total. The number of ether oxygens (including phenoxy) is 1. The van der Waals surface area contributed by atoms with Crippen LogP contribution in [0.5, 0.6) is 0 Å². The molecule has 21 heavy (non-hydrogen) atoms. The number of carboxylic acid groups (broad SMARTS) is 1. The van der Waals surface area contributed by atoms with E-state index in [0.29, 0.717) is 6.42 Å². The van der Waals surface area contributed by atoms with Crippen molar-refractivity contribution in [3.8, 4) is 0 Å². The van der Waals surface area contributed by atoms with Gasteiger partial charge in [0.05, 0.1) is 6.42 Å². The monoisotopic (exact) mass is 310 g/mol. The van der Waals surface area contributed by atoms with Crippen LogP contribution in [0, 0.1) is 5.41 Å². The topological polar surface area (TPSA) is 89.6 Å². The molecule has 1 N–H and O–H groups in total. The highest BCUT2D eigenvalue weighted by Gasteiger charge is 2.27. The predicted octanol–water partition coefficient (Wildman–Crippen LogP) is 2.08. The molecule has 1 aliphatic heterocycles. The average Bonchev–Trinajstić information content (AvgIpc) is 3.00.